The lowest BCUT2D eigenvalue weighted by Crippen LogP contribution is -2.41. The summed E-state index contributed by atoms with van der Waals surface area (Å²) < 4.78 is 0. The summed E-state index contributed by atoms with van der Waals surface area (Å²) in [6, 6.07) is 22.0. The predicted octanol–water partition coefficient (Wildman–Crippen LogP) is 5.05. The maximum Gasteiger partial charge on any atom is 0.238 e. The topological polar surface area (TPSA) is 37.4 Å². The first-order chi connectivity index (χ1) is 14.1. The van der Waals surface area contributed by atoms with Gasteiger partial charge in [-0.1, -0.05) is 66.2 Å². The Balaban J connectivity index is 1.59. The van der Waals surface area contributed by atoms with Crippen molar-refractivity contribution in [1.82, 2.24) is 0 Å². The molecule has 4 aliphatic rings. The molecule has 7 rings (SSSR count). The Kier molecular flexibility index (Phi) is 3.40. The van der Waals surface area contributed by atoms with Crippen molar-refractivity contribution in [2.45, 2.75) is 18.8 Å². The van der Waals surface area contributed by atoms with E-state index >= 15 is 0 Å². The molecule has 3 aromatic rings. The van der Waals surface area contributed by atoms with E-state index in [0.29, 0.717) is 10.7 Å². The van der Waals surface area contributed by atoms with Gasteiger partial charge in [0.1, 0.15) is 0 Å². The van der Waals surface area contributed by atoms with Gasteiger partial charge in [0.05, 0.1) is 17.5 Å². The molecule has 1 fully saturated rings. The number of carbonyl (C=O) groups is 2. The summed E-state index contributed by atoms with van der Waals surface area (Å²) in [5.74, 6) is -1.11. The number of carbonyl (C=O) groups excluding carboxylic acids is 2. The molecule has 3 aromatic carbocycles. The van der Waals surface area contributed by atoms with Gasteiger partial charge in [0.15, 0.2) is 0 Å². The van der Waals surface area contributed by atoms with Gasteiger partial charge in [0.25, 0.3) is 0 Å². The molecule has 0 spiro atoms. The van der Waals surface area contributed by atoms with Crippen LogP contribution in [0.15, 0.2) is 66.7 Å². The van der Waals surface area contributed by atoms with Crippen LogP contribution in [0.2, 0.25) is 5.02 Å². The second kappa shape index (κ2) is 5.80. The minimum Gasteiger partial charge on any atom is -0.274 e. The Morgan fingerprint density at radius 1 is 0.690 bits per heavy atom. The first-order valence-electron chi connectivity index (χ1n) is 9.90. The summed E-state index contributed by atoms with van der Waals surface area (Å²) in [6.45, 7) is 1.86. The Bertz CT molecular complexity index is 1100. The molecule has 0 radical (unpaired) electrons. The van der Waals surface area contributed by atoms with Crippen molar-refractivity contribution >= 4 is 29.1 Å². The lowest BCUT2D eigenvalue weighted by Gasteiger charge is -2.45. The Morgan fingerprint density at radius 2 is 1.14 bits per heavy atom. The number of halogens is 1. The number of hydrogen-bond acceptors (Lipinski definition) is 2. The minimum absolute atomic E-state index is 0.0849. The first kappa shape index (κ1) is 17.0. The van der Waals surface area contributed by atoms with Gasteiger partial charge in [-0.05, 0) is 46.9 Å². The number of hydrogen-bond donors (Lipinski definition) is 0. The summed E-state index contributed by atoms with van der Waals surface area (Å²) in [6.07, 6.45) is 0. The van der Waals surface area contributed by atoms with Crippen molar-refractivity contribution in [3.05, 3.63) is 99.6 Å². The second-order valence-electron chi connectivity index (χ2n) is 8.16. The van der Waals surface area contributed by atoms with E-state index in [0.717, 1.165) is 5.56 Å². The van der Waals surface area contributed by atoms with Crippen LogP contribution < -0.4 is 4.90 Å². The third kappa shape index (κ3) is 2.03. The number of nitrogens with zero attached hydrogens (tertiary/aromatic N) is 1. The van der Waals surface area contributed by atoms with Crippen molar-refractivity contribution < 1.29 is 9.59 Å². The van der Waals surface area contributed by atoms with E-state index in [4.69, 9.17) is 11.6 Å². The van der Waals surface area contributed by atoms with Gasteiger partial charge in [0.2, 0.25) is 11.8 Å². The van der Waals surface area contributed by atoms with Crippen LogP contribution >= 0.6 is 11.6 Å². The average Bonchev–Trinajstić information content (AvgIpc) is 3.01. The fraction of sp³-hybridized carbons (Fsp3) is 0.200. The molecule has 2 atom stereocenters. The smallest absolute Gasteiger partial charge is 0.238 e. The van der Waals surface area contributed by atoms with Gasteiger partial charge in [-0.3, -0.25) is 9.59 Å². The molecule has 3 nitrogen and oxygen atoms in total. The molecule has 2 bridgehead atoms. The van der Waals surface area contributed by atoms with Crippen LogP contribution in [0.5, 0.6) is 0 Å². The quantitative estimate of drug-likeness (QED) is 0.537. The lowest BCUT2D eigenvalue weighted by atomic mass is 9.55. The highest BCUT2D eigenvalue weighted by molar-refractivity contribution is 6.32. The summed E-state index contributed by atoms with van der Waals surface area (Å²) >= 11 is 6.31. The standard InChI is InChI=1S/C25H18ClNO2/c1-13-18(26)11-6-12-19(13)27-24(28)22-20-14-7-2-3-8-15(14)21(23(22)25(27)29)17-10-5-4-9-16(17)20/h2-12,20-23H,1H3/t20?,21?,22-,23-/m0/s1. The molecule has 142 valence electrons. The molecule has 3 aliphatic carbocycles. The van der Waals surface area contributed by atoms with E-state index in [1.807, 2.05) is 37.3 Å². The Hall–Kier alpha value is -2.91. The molecular weight excluding hydrogens is 382 g/mol. The average molecular weight is 400 g/mol. The van der Waals surface area contributed by atoms with Gasteiger partial charge in [-0.25, -0.2) is 4.90 Å². The monoisotopic (exact) mass is 399 g/mol. The second-order valence-corrected chi connectivity index (χ2v) is 8.57. The molecule has 0 saturated carbocycles. The van der Waals surface area contributed by atoms with Gasteiger partial charge < -0.3 is 0 Å². The van der Waals surface area contributed by atoms with Crippen molar-refractivity contribution in [3.8, 4) is 0 Å². The molecular formula is C25H18ClNO2. The van der Waals surface area contributed by atoms with E-state index in [1.54, 1.807) is 12.1 Å². The number of imide groups is 1. The van der Waals surface area contributed by atoms with E-state index in [-0.39, 0.29) is 35.5 Å². The SMILES string of the molecule is Cc1c(Cl)cccc1N1C(=O)[C@H]2C3c4ccccc4C(c4ccccc43)[C@@H]2C1=O. The zero-order valence-electron chi connectivity index (χ0n) is 15.8. The van der Waals surface area contributed by atoms with E-state index in [2.05, 4.69) is 24.3 Å². The fourth-order valence-corrected chi connectivity index (χ4v) is 5.92. The summed E-state index contributed by atoms with van der Waals surface area (Å²) in [4.78, 5) is 28.8. The summed E-state index contributed by atoms with van der Waals surface area (Å²) in [5.41, 5.74) is 6.10. The number of anilines is 1. The lowest BCUT2D eigenvalue weighted by molar-refractivity contribution is -0.122. The van der Waals surface area contributed by atoms with Crippen LogP contribution in [0.3, 0.4) is 0 Å². The first-order valence-corrected chi connectivity index (χ1v) is 10.3. The van der Waals surface area contributed by atoms with Gasteiger partial charge in [-0.15, -0.1) is 0 Å². The third-order valence-electron chi connectivity index (χ3n) is 6.93. The zero-order chi connectivity index (χ0) is 19.9. The van der Waals surface area contributed by atoms with E-state index < -0.39 is 0 Å². The normalized spacial score (nSPS) is 26.3. The zero-order valence-corrected chi connectivity index (χ0v) is 16.6. The predicted molar refractivity (Wildman–Crippen MR) is 112 cm³/mol. The molecule has 0 unspecified atom stereocenters. The molecule has 2 amide bonds. The number of amides is 2. The highest BCUT2D eigenvalue weighted by Crippen LogP contribution is 2.61. The van der Waals surface area contributed by atoms with Crippen LogP contribution in [0.1, 0.15) is 39.7 Å². The molecule has 4 heteroatoms. The van der Waals surface area contributed by atoms with Crippen molar-refractivity contribution in [2.24, 2.45) is 11.8 Å². The third-order valence-corrected chi connectivity index (χ3v) is 7.34. The molecule has 0 N–H and O–H groups in total. The van der Waals surface area contributed by atoms with Crippen molar-refractivity contribution in [2.75, 3.05) is 4.90 Å². The Labute approximate surface area is 173 Å². The highest BCUT2D eigenvalue weighted by Gasteiger charge is 2.61. The van der Waals surface area contributed by atoms with Crippen LogP contribution in [-0.2, 0) is 9.59 Å². The molecule has 1 aliphatic heterocycles. The van der Waals surface area contributed by atoms with E-state index in [1.165, 1.54) is 27.2 Å². The molecule has 1 saturated heterocycles. The molecule has 0 aromatic heterocycles. The maximum atomic E-state index is 13.7. The highest BCUT2D eigenvalue weighted by atomic mass is 35.5. The Morgan fingerprint density at radius 3 is 1.59 bits per heavy atom. The van der Waals surface area contributed by atoms with Crippen molar-refractivity contribution in [3.63, 3.8) is 0 Å². The largest absolute Gasteiger partial charge is 0.274 e. The number of benzene rings is 3. The molecule has 1 heterocycles. The molecule has 29 heavy (non-hydrogen) atoms. The van der Waals surface area contributed by atoms with E-state index in [9.17, 15) is 9.59 Å². The number of rotatable bonds is 1. The van der Waals surface area contributed by atoms with Gasteiger partial charge in [0, 0.05) is 16.9 Å². The van der Waals surface area contributed by atoms with Gasteiger partial charge >= 0.3 is 0 Å². The van der Waals surface area contributed by atoms with Crippen LogP contribution in [0.25, 0.3) is 0 Å². The summed E-state index contributed by atoms with van der Waals surface area (Å²) in [7, 11) is 0. The van der Waals surface area contributed by atoms with Gasteiger partial charge in [-0.2, -0.15) is 0 Å². The minimum atomic E-state index is -0.365. The fourth-order valence-electron chi connectivity index (χ4n) is 5.75. The van der Waals surface area contributed by atoms with Crippen LogP contribution in [0.4, 0.5) is 5.69 Å². The van der Waals surface area contributed by atoms with Crippen LogP contribution in [-0.4, -0.2) is 11.8 Å². The maximum absolute atomic E-state index is 13.7. The van der Waals surface area contributed by atoms with Crippen molar-refractivity contribution in [1.29, 1.82) is 0 Å². The summed E-state index contributed by atoms with van der Waals surface area (Å²) in [5, 5.41) is 0.563. The van der Waals surface area contributed by atoms with Crippen LogP contribution in [0, 0.1) is 18.8 Å².